The van der Waals surface area contributed by atoms with Gasteiger partial charge in [0.25, 0.3) is 0 Å². The average molecular weight is 289 g/mol. The summed E-state index contributed by atoms with van der Waals surface area (Å²) in [6, 6.07) is 0. The normalized spacial score (nSPS) is 18.1. The highest BCUT2D eigenvalue weighted by atomic mass is 16.4. The predicted octanol–water partition coefficient (Wildman–Crippen LogP) is 1.54. The van der Waals surface area contributed by atoms with Crippen molar-refractivity contribution in [1.29, 1.82) is 0 Å². The third-order valence-corrected chi connectivity index (χ3v) is 4.06. The van der Waals surface area contributed by atoms with Crippen LogP contribution in [0.15, 0.2) is 12.4 Å². The quantitative estimate of drug-likeness (QED) is 0.922. The van der Waals surface area contributed by atoms with E-state index in [0.29, 0.717) is 16.6 Å². The monoisotopic (exact) mass is 289 g/mol. The number of carboxylic acid groups (broad SMARTS) is 1. The average Bonchev–Trinajstić information content (AvgIpc) is 2.80. The maximum absolute atomic E-state index is 10.8. The van der Waals surface area contributed by atoms with Crippen LogP contribution in [0.1, 0.15) is 26.7 Å². The second-order valence-corrected chi connectivity index (χ2v) is 6.28. The molecule has 3 rings (SSSR count). The van der Waals surface area contributed by atoms with Gasteiger partial charge in [-0.1, -0.05) is 13.8 Å². The minimum atomic E-state index is -0.938. The number of aromatic nitrogens is 4. The molecule has 0 spiro atoms. The molecule has 1 aliphatic rings. The number of hydrogen-bond donors (Lipinski definition) is 1. The van der Waals surface area contributed by atoms with Crippen LogP contribution in [-0.4, -0.2) is 43.9 Å². The molecular formula is C14H19N5O2. The van der Waals surface area contributed by atoms with Gasteiger partial charge in [0, 0.05) is 13.1 Å². The smallest absolute Gasteiger partial charge is 0.325 e. The molecule has 2 aromatic heterocycles. The maximum Gasteiger partial charge on any atom is 0.325 e. The highest BCUT2D eigenvalue weighted by molar-refractivity contribution is 5.74. The van der Waals surface area contributed by atoms with Crippen LogP contribution in [0.4, 0.5) is 5.82 Å². The van der Waals surface area contributed by atoms with Gasteiger partial charge >= 0.3 is 5.97 Å². The topological polar surface area (TPSA) is 84.1 Å². The lowest BCUT2D eigenvalue weighted by Gasteiger charge is -2.37. The van der Waals surface area contributed by atoms with E-state index in [1.165, 1.54) is 4.68 Å². The van der Waals surface area contributed by atoms with E-state index in [9.17, 15) is 4.79 Å². The van der Waals surface area contributed by atoms with Gasteiger partial charge in [-0.25, -0.2) is 14.6 Å². The molecule has 0 amide bonds. The number of carbonyl (C=O) groups is 1. The van der Waals surface area contributed by atoms with Crippen molar-refractivity contribution in [3.8, 4) is 0 Å². The Morgan fingerprint density at radius 2 is 2.05 bits per heavy atom. The van der Waals surface area contributed by atoms with Gasteiger partial charge in [-0.2, -0.15) is 5.10 Å². The van der Waals surface area contributed by atoms with E-state index < -0.39 is 5.97 Å². The fourth-order valence-electron chi connectivity index (χ4n) is 2.58. The summed E-state index contributed by atoms with van der Waals surface area (Å²) >= 11 is 0. The van der Waals surface area contributed by atoms with Gasteiger partial charge in [0.1, 0.15) is 17.9 Å². The lowest BCUT2D eigenvalue weighted by atomic mass is 9.83. The Morgan fingerprint density at radius 3 is 2.71 bits per heavy atom. The molecule has 0 aliphatic carbocycles. The zero-order valence-electron chi connectivity index (χ0n) is 12.3. The van der Waals surface area contributed by atoms with Crippen molar-refractivity contribution in [2.75, 3.05) is 18.0 Å². The lowest BCUT2D eigenvalue weighted by molar-refractivity contribution is -0.137. The first kappa shape index (κ1) is 13.8. The molecule has 1 aliphatic heterocycles. The number of rotatable bonds is 3. The van der Waals surface area contributed by atoms with E-state index in [4.69, 9.17) is 5.11 Å². The molecular weight excluding hydrogens is 270 g/mol. The Morgan fingerprint density at radius 1 is 1.33 bits per heavy atom. The summed E-state index contributed by atoms with van der Waals surface area (Å²) in [5, 5.41) is 12.9. The largest absolute Gasteiger partial charge is 0.480 e. The number of carboxylic acids is 1. The standard InChI is InChI=1S/C14H19N5O2/c1-14(2)3-5-18(6-4-14)11-8-15-10-7-16-19(9-12(20)21)13(10)17-11/h7-8H,3-6,9H2,1-2H3,(H,20,21). The zero-order valence-corrected chi connectivity index (χ0v) is 12.3. The number of nitrogens with zero attached hydrogens (tertiary/aromatic N) is 5. The molecule has 1 fully saturated rings. The van der Waals surface area contributed by atoms with Crippen molar-refractivity contribution in [1.82, 2.24) is 19.7 Å². The van der Waals surface area contributed by atoms with Crippen LogP contribution in [-0.2, 0) is 11.3 Å². The number of anilines is 1. The van der Waals surface area contributed by atoms with Gasteiger partial charge in [-0.15, -0.1) is 0 Å². The van der Waals surface area contributed by atoms with E-state index >= 15 is 0 Å². The Bertz CT molecular complexity index is 669. The van der Waals surface area contributed by atoms with Crippen molar-refractivity contribution < 1.29 is 9.90 Å². The highest BCUT2D eigenvalue weighted by Gasteiger charge is 2.26. The van der Waals surface area contributed by atoms with Crippen LogP contribution < -0.4 is 4.90 Å². The Hall–Kier alpha value is -2.18. The summed E-state index contributed by atoms with van der Waals surface area (Å²) in [5.74, 6) is -0.142. The molecule has 3 heterocycles. The van der Waals surface area contributed by atoms with Crippen LogP contribution >= 0.6 is 0 Å². The summed E-state index contributed by atoms with van der Waals surface area (Å²) in [5.41, 5.74) is 1.52. The molecule has 0 unspecified atom stereocenters. The van der Waals surface area contributed by atoms with Crippen LogP contribution in [0.3, 0.4) is 0 Å². The predicted molar refractivity (Wildman–Crippen MR) is 78.2 cm³/mol. The van der Waals surface area contributed by atoms with E-state index in [1.807, 2.05) is 0 Å². The molecule has 0 bridgehead atoms. The molecule has 0 atom stereocenters. The molecule has 112 valence electrons. The number of fused-ring (bicyclic) bond motifs is 1. The van der Waals surface area contributed by atoms with Gasteiger partial charge in [0.05, 0.1) is 12.4 Å². The van der Waals surface area contributed by atoms with E-state index in [-0.39, 0.29) is 6.54 Å². The van der Waals surface area contributed by atoms with Gasteiger partial charge in [-0.3, -0.25) is 4.79 Å². The van der Waals surface area contributed by atoms with E-state index in [0.717, 1.165) is 31.7 Å². The molecule has 2 aromatic rings. The summed E-state index contributed by atoms with van der Waals surface area (Å²) in [4.78, 5) is 22.0. The minimum absolute atomic E-state index is 0.200. The fraction of sp³-hybridized carbons (Fsp3) is 0.571. The second-order valence-electron chi connectivity index (χ2n) is 6.28. The van der Waals surface area contributed by atoms with Crippen LogP contribution in [0.25, 0.3) is 11.2 Å². The Kier molecular flexibility index (Phi) is 3.27. The lowest BCUT2D eigenvalue weighted by Crippen LogP contribution is -2.37. The van der Waals surface area contributed by atoms with Crippen molar-refractivity contribution in [2.24, 2.45) is 5.41 Å². The summed E-state index contributed by atoms with van der Waals surface area (Å²) in [6.07, 6.45) is 5.52. The first-order chi connectivity index (χ1) is 9.94. The van der Waals surface area contributed by atoms with Crippen LogP contribution in [0, 0.1) is 5.41 Å². The molecule has 1 N–H and O–H groups in total. The van der Waals surface area contributed by atoms with Crippen molar-refractivity contribution in [2.45, 2.75) is 33.2 Å². The fourth-order valence-corrected chi connectivity index (χ4v) is 2.58. The Labute approximate surface area is 122 Å². The van der Waals surface area contributed by atoms with E-state index in [1.54, 1.807) is 12.4 Å². The molecule has 7 nitrogen and oxygen atoms in total. The molecule has 0 radical (unpaired) electrons. The number of hydrogen-bond acceptors (Lipinski definition) is 5. The first-order valence-corrected chi connectivity index (χ1v) is 7.10. The molecule has 0 aromatic carbocycles. The zero-order chi connectivity index (χ0) is 15.0. The Balaban J connectivity index is 1.88. The van der Waals surface area contributed by atoms with Crippen molar-refractivity contribution in [3.05, 3.63) is 12.4 Å². The molecule has 1 saturated heterocycles. The summed E-state index contributed by atoms with van der Waals surface area (Å²) in [7, 11) is 0. The summed E-state index contributed by atoms with van der Waals surface area (Å²) in [6.45, 7) is 6.25. The number of piperidine rings is 1. The molecule has 7 heteroatoms. The summed E-state index contributed by atoms with van der Waals surface area (Å²) < 4.78 is 1.38. The van der Waals surface area contributed by atoms with Crippen LogP contribution in [0.2, 0.25) is 0 Å². The van der Waals surface area contributed by atoms with Gasteiger partial charge in [0.15, 0.2) is 5.65 Å². The third kappa shape index (κ3) is 2.81. The minimum Gasteiger partial charge on any atom is -0.480 e. The van der Waals surface area contributed by atoms with Gasteiger partial charge in [-0.05, 0) is 18.3 Å². The van der Waals surface area contributed by atoms with Gasteiger partial charge in [0.2, 0.25) is 0 Å². The molecule has 0 saturated carbocycles. The van der Waals surface area contributed by atoms with Crippen molar-refractivity contribution >= 4 is 23.0 Å². The van der Waals surface area contributed by atoms with Crippen molar-refractivity contribution in [3.63, 3.8) is 0 Å². The number of aliphatic carboxylic acids is 1. The van der Waals surface area contributed by atoms with Crippen LogP contribution in [0.5, 0.6) is 0 Å². The molecule has 21 heavy (non-hydrogen) atoms. The first-order valence-electron chi connectivity index (χ1n) is 7.10. The SMILES string of the molecule is CC1(C)CCN(c2cnc3cnn(CC(=O)O)c3n2)CC1. The third-order valence-electron chi connectivity index (χ3n) is 4.06. The second kappa shape index (κ2) is 4.98. The van der Waals surface area contributed by atoms with Gasteiger partial charge < -0.3 is 10.0 Å². The van der Waals surface area contributed by atoms with E-state index in [2.05, 4.69) is 33.8 Å². The maximum atomic E-state index is 10.8. The highest BCUT2D eigenvalue weighted by Crippen LogP contribution is 2.31.